The minimum atomic E-state index is -0.721. The van der Waals surface area contributed by atoms with Crippen LogP contribution in [0.5, 0.6) is 5.75 Å². The first-order valence-corrected chi connectivity index (χ1v) is 6.91. The van der Waals surface area contributed by atoms with Crippen LogP contribution in [0, 0.1) is 20.8 Å². The zero-order chi connectivity index (χ0) is 14.9. The monoisotopic (exact) mass is 290 g/mol. The fraction of sp³-hybridized carbons (Fsp3) is 0.294. The number of benzene rings is 2. The van der Waals surface area contributed by atoms with Crippen molar-refractivity contribution in [3.05, 3.63) is 63.2 Å². The van der Waals surface area contributed by atoms with E-state index in [-0.39, 0.29) is 0 Å². The van der Waals surface area contributed by atoms with Crippen molar-refractivity contribution >= 4 is 11.6 Å². The lowest BCUT2D eigenvalue weighted by Crippen LogP contribution is -2.06. The summed E-state index contributed by atoms with van der Waals surface area (Å²) >= 11 is 5.97. The summed E-state index contributed by atoms with van der Waals surface area (Å²) in [6, 6.07) is 9.42. The molecular formula is C17H19ClO2. The summed E-state index contributed by atoms with van der Waals surface area (Å²) in [7, 11) is 1.63. The second-order valence-electron chi connectivity index (χ2n) is 5.03. The van der Waals surface area contributed by atoms with Crippen LogP contribution in [0.15, 0.2) is 30.3 Å². The lowest BCUT2D eigenvalue weighted by molar-refractivity contribution is 0.213. The van der Waals surface area contributed by atoms with Gasteiger partial charge in [-0.1, -0.05) is 29.8 Å². The standard InChI is InChI=1S/C17H19ClO2/c1-10-5-7-15(17(20-4)12(10)3)16(19)14-8-6-13(18)9-11(14)2/h5-9,16,19H,1-4H3. The summed E-state index contributed by atoms with van der Waals surface area (Å²) in [6.07, 6.45) is -0.721. The van der Waals surface area contributed by atoms with Gasteiger partial charge >= 0.3 is 0 Å². The molecule has 2 rings (SSSR count). The Morgan fingerprint density at radius 2 is 1.65 bits per heavy atom. The molecule has 0 radical (unpaired) electrons. The first-order chi connectivity index (χ1) is 9.45. The molecule has 2 aromatic carbocycles. The molecule has 0 amide bonds. The van der Waals surface area contributed by atoms with Gasteiger partial charge in [0.05, 0.1) is 7.11 Å². The molecule has 106 valence electrons. The second kappa shape index (κ2) is 5.86. The van der Waals surface area contributed by atoms with Crippen molar-refractivity contribution in [2.45, 2.75) is 26.9 Å². The molecule has 1 unspecified atom stereocenters. The van der Waals surface area contributed by atoms with Crippen LogP contribution in [-0.2, 0) is 0 Å². The molecule has 0 aliphatic rings. The van der Waals surface area contributed by atoms with Gasteiger partial charge in [0, 0.05) is 10.6 Å². The maximum atomic E-state index is 10.7. The molecule has 3 heteroatoms. The fourth-order valence-corrected chi connectivity index (χ4v) is 2.64. The van der Waals surface area contributed by atoms with E-state index in [1.165, 1.54) is 0 Å². The number of hydrogen-bond donors (Lipinski definition) is 1. The Bertz CT molecular complexity index is 635. The minimum absolute atomic E-state index is 0.672. The fourth-order valence-electron chi connectivity index (χ4n) is 2.41. The van der Waals surface area contributed by atoms with Crippen molar-refractivity contribution in [1.82, 2.24) is 0 Å². The average Bonchev–Trinajstić information content (AvgIpc) is 2.41. The van der Waals surface area contributed by atoms with Gasteiger partial charge in [0.25, 0.3) is 0 Å². The third-order valence-electron chi connectivity index (χ3n) is 3.73. The molecule has 0 spiro atoms. The predicted octanol–water partition coefficient (Wildman–Crippen LogP) is 4.36. The molecule has 0 aliphatic heterocycles. The van der Waals surface area contributed by atoms with E-state index >= 15 is 0 Å². The Kier molecular flexibility index (Phi) is 4.36. The van der Waals surface area contributed by atoms with E-state index in [2.05, 4.69) is 0 Å². The number of hydrogen-bond acceptors (Lipinski definition) is 2. The number of methoxy groups -OCH3 is 1. The number of ether oxygens (including phenoxy) is 1. The second-order valence-corrected chi connectivity index (χ2v) is 5.47. The van der Waals surface area contributed by atoms with E-state index in [0.717, 1.165) is 33.6 Å². The largest absolute Gasteiger partial charge is 0.496 e. The lowest BCUT2D eigenvalue weighted by atomic mass is 9.94. The van der Waals surface area contributed by atoms with E-state index in [4.69, 9.17) is 16.3 Å². The molecular weight excluding hydrogens is 272 g/mol. The summed E-state index contributed by atoms with van der Waals surface area (Å²) in [4.78, 5) is 0. The Balaban J connectivity index is 2.53. The molecule has 1 N–H and O–H groups in total. The third kappa shape index (κ3) is 2.67. The lowest BCUT2D eigenvalue weighted by Gasteiger charge is -2.19. The van der Waals surface area contributed by atoms with Gasteiger partial charge in [-0.15, -0.1) is 0 Å². The summed E-state index contributed by atoms with van der Waals surface area (Å²) in [5, 5.41) is 11.3. The van der Waals surface area contributed by atoms with Crippen LogP contribution in [-0.4, -0.2) is 12.2 Å². The van der Waals surface area contributed by atoms with Crippen molar-refractivity contribution in [3.8, 4) is 5.75 Å². The Hall–Kier alpha value is -1.51. The first-order valence-electron chi connectivity index (χ1n) is 6.54. The Labute approximate surface area is 125 Å². The number of aryl methyl sites for hydroxylation is 2. The van der Waals surface area contributed by atoms with Crippen molar-refractivity contribution < 1.29 is 9.84 Å². The molecule has 2 aromatic rings. The van der Waals surface area contributed by atoms with Gasteiger partial charge in [0.15, 0.2) is 0 Å². The number of aliphatic hydroxyl groups is 1. The van der Waals surface area contributed by atoms with Crippen molar-refractivity contribution in [1.29, 1.82) is 0 Å². The molecule has 0 bridgehead atoms. The Morgan fingerprint density at radius 3 is 2.25 bits per heavy atom. The maximum Gasteiger partial charge on any atom is 0.128 e. The summed E-state index contributed by atoms with van der Waals surface area (Å²) < 4.78 is 5.48. The molecule has 0 saturated carbocycles. The van der Waals surface area contributed by atoms with Crippen LogP contribution in [0.25, 0.3) is 0 Å². The van der Waals surface area contributed by atoms with Crippen molar-refractivity contribution in [2.75, 3.05) is 7.11 Å². The van der Waals surface area contributed by atoms with Crippen LogP contribution in [0.1, 0.15) is 33.9 Å². The molecule has 0 aliphatic carbocycles. The molecule has 0 heterocycles. The van der Waals surface area contributed by atoms with Crippen molar-refractivity contribution in [3.63, 3.8) is 0 Å². The van der Waals surface area contributed by atoms with Gasteiger partial charge in [0.1, 0.15) is 11.9 Å². The van der Waals surface area contributed by atoms with Crippen LogP contribution in [0.3, 0.4) is 0 Å². The third-order valence-corrected chi connectivity index (χ3v) is 3.97. The van der Waals surface area contributed by atoms with Gasteiger partial charge in [0.2, 0.25) is 0 Å². The highest BCUT2D eigenvalue weighted by molar-refractivity contribution is 6.30. The quantitative estimate of drug-likeness (QED) is 0.910. The van der Waals surface area contributed by atoms with Crippen LogP contribution < -0.4 is 4.74 Å². The van der Waals surface area contributed by atoms with E-state index in [9.17, 15) is 5.11 Å². The minimum Gasteiger partial charge on any atom is -0.496 e. The maximum absolute atomic E-state index is 10.7. The zero-order valence-electron chi connectivity index (χ0n) is 12.2. The molecule has 0 aromatic heterocycles. The highest BCUT2D eigenvalue weighted by Gasteiger charge is 2.19. The molecule has 0 fully saturated rings. The molecule has 2 nitrogen and oxygen atoms in total. The van der Waals surface area contributed by atoms with Crippen LogP contribution >= 0.6 is 11.6 Å². The van der Waals surface area contributed by atoms with Crippen LogP contribution in [0.4, 0.5) is 0 Å². The zero-order valence-corrected chi connectivity index (χ0v) is 13.0. The van der Waals surface area contributed by atoms with Gasteiger partial charge in [-0.05, 0) is 55.2 Å². The van der Waals surface area contributed by atoms with Crippen molar-refractivity contribution in [2.24, 2.45) is 0 Å². The van der Waals surface area contributed by atoms with Crippen LogP contribution in [0.2, 0.25) is 5.02 Å². The van der Waals surface area contributed by atoms with Gasteiger partial charge in [-0.25, -0.2) is 0 Å². The smallest absolute Gasteiger partial charge is 0.128 e. The van der Waals surface area contributed by atoms with Gasteiger partial charge < -0.3 is 9.84 Å². The predicted molar refractivity (Wildman–Crippen MR) is 82.7 cm³/mol. The molecule has 0 saturated heterocycles. The normalized spacial score (nSPS) is 12.3. The number of halogens is 1. The van der Waals surface area contributed by atoms with E-state index in [1.807, 2.05) is 45.0 Å². The molecule has 1 atom stereocenters. The van der Waals surface area contributed by atoms with E-state index < -0.39 is 6.10 Å². The summed E-state index contributed by atoms with van der Waals surface area (Å²) in [6.45, 7) is 5.97. The summed E-state index contributed by atoms with van der Waals surface area (Å²) in [5.41, 5.74) is 4.78. The Morgan fingerprint density at radius 1 is 1.00 bits per heavy atom. The first kappa shape index (κ1) is 14.9. The summed E-state index contributed by atoms with van der Waals surface area (Å²) in [5.74, 6) is 0.742. The van der Waals surface area contributed by atoms with Gasteiger partial charge in [-0.3, -0.25) is 0 Å². The van der Waals surface area contributed by atoms with E-state index in [0.29, 0.717) is 5.02 Å². The number of rotatable bonds is 3. The van der Waals surface area contributed by atoms with E-state index in [1.54, 1.807) is 13.2 Å². The SMILES string of the molecule is COc1c(C(O)c2ccc(Cl)cc2C)ccc(C)c1C. The number of aliphatic hydroxyl groups excluding tert-OH is 1. The molecule has 20 heavy (non-hydrogen) atoms. The highest BCUT2D eigenvalue weighted by atomic mass is 35.5. The van der Waals surface area contributed by atoms with Gasteiger partial charge in [-0.2, -0.15) is 0 Å². The highest BCUT2D eigenvalue weighted by Crippen LogP contribution is 2.35. The average molecular weight is 291 g/mol. The topological polar surface area (TPSA) is 29.5 Å².